The maximum Gasteiger partial charge on any atom is 0.224 e. The Morgan fingerprint density at radius 1 is 1.30 bits per heavy atom. The number of hydrogen-bond donors (Lipinski definition) is 3. The van der Waals surface area contributed by atoms with Crippen LogP contribution in [0.25, 0.3) is 10.9 Å². The smallest absolute Gasteiger partial charge is 0.224 e. The molecule has 3 N–H and O–H groups in total. The van der Waals surface area contributed by atoms with Crippen LogP contribution < -0.4 is 5.32 Å². The standard InChI is InChI=1S/C19H26N2O2/c1-13-6-5-9-17-19(13)15(11-20-17)10-18(23)21-16-8-4-2-3-7-14(16)12-22/h5-6,9,11,14,16,20,22H,2-4,7-8,10,12H2,1H3,(H,21,23). The highest BCUT2D eigenvalue weighted by Gasteiger charge is 2.24. The summed E-state index contributed by atoms with van der Waals surface area (Å²) in [5.41, 5.74) is 3.31. The van der Waals surface area contributed by atoms with Crippen molar-refractivity contribution in [1.82, 2.24) is 10.3 Å². The number of aliphatic hydroxyl groups excluding tert-OH is 1. The molecule has 0 spiro atoms. The number of carbonyl (C=O) groups excluding carboxylic acids is 1. The maximum absolute atomic E-state index is 12.5. The monoisotopic (exact) mass is 314 g/mol. The largest absolute Gasteiger partial charge is 0.396 e. The molecule has 4 heteroatoms. The molecule has 1 aliphatic carbocycles. The molecule has 1 fully saturated rings. The average molecular weight is 314 g/mol. The van der Waals surface area contributed by atoms with E-state index < -0.39 is 0 Å². The summed E-state index contributed by atoms with van der Waals surface area (Å²) in [6.45, 7) is 2.24. The van der Waals surface area contributed by atoms with Crippen LogP contribution in [-0.4, -0.2) is 28.6 Å². The number of aliphatic hydroxyl groups is 1. The summed E-state index contributed by atoms with van der Waals surface area (Å²) in [5, 5.41) is 13.9. The summed E-state index contributed by atoms with van der Waals surface area (Å²) in [4.78, 5) is 15.7. The van der Waals surface area contributed by atoms with Gasteiger partial charge in [-0.2, -0.15) is 0 Å². The molecule has 1 aromatic heterocycles. The topological polar surface area (TPSA) is 65.1 Å². The third-order valence-electron chi connectivity index (χ3n) is 5.09. The Bertz CT molecular complexity index is 677. The van der Waals surface area contributed by atoms with E-state index in [-0.39, 0.29) is 24.5 Å². The first kappa shape index (κ1) is 16.1. The highest BCUT2D eigenvalue weighted by molar-refractivity contribution is 5.91. The second-order valence-electron chi connectivity index (χ2n) is 6.74. The van der Waals surface area contributed by atoms with E-state index in [9.17, 15) is 9.90 Å². The number of aromatic nitrogens is 1. The average Bonchev–Trinajstić information content (AvgIpc) is 2.81. The van der Waals surface area contributed by atoms with Gasteiger partial charge in [0.05, 0.1) is 6.42 Å². The summed E-state index contributed by atoms with van der Waals surface area (Å²) in [6.07, 6.45) is 7.79. The van der Waals surface area contributed by atoms with Crippen LogP contribution in [0.1, 0.15) is 43.2 Å². The lowest BCUT2D eigenvalue weighted by Gasteiger charge is -2.24. The zero-order valence-corrected chi connectivity index (χ0v) is 13.8. The van der Waals surface area contributed by atoms with E-state index in [2.05, 4.69) is 23.3 Å². The number of benzene rings is 1. The molecule has 4 nitrogen and oxygen atoms in total. The van der Waals surface area contributed by atoms with E-state index in [1.54, 1.807) is 0 Å². The van der Waals surface area contributed by atoms with E-state index in [1.165, 1.54) is 12.0 Å². The molecule has 0 saturated heterocycles. The van der Waals surface area contributed by atoms with Gasteiger partial charge in [-0.1, -0.05) is 31.4 Å². The molecule has 1 amide bonds. The Balaban J connectivity index is 1.70. The first-order valence-electron chi connectivity index (χ1n) is 8.65. The Morgan fingerprint density at radius 2 is 2.13 bits per heavy atom. The van der Waals surface area contributed by atoms with Crippen molar-refractivity contribution >= 4 is 16.8 Å². The zero-order valence-electron chi connectivity index (χ0n) is 13.8. The molecule has 0 radical (unpaired) electrons. The lowest BCUT2D eigenvalue weighted by atomic mass is 9.95. The minimum absolute atomic E-state index is 0.0551. The van der Waals surface area contributed by atoms with Crippen molar-refractivity contribution in [2.24, 2.45) is 5.92 Å². The van der Waals surface area contributed by atoms with Gasteiger partial charge in [0.2, 0.25) is 5.91 Å². The zero-order chi connectivity index (χ0) is 16.2. The first-order chi connectivity index (χ1) is 11.2. The first-order valence-corrected chi connectivity index (χ1v) is 8.65. The van der Waals surface area contributed by atoms with Gasteiger partial charge in [0.25, 0.3) is 0 Å². The molecule has 124 valence electrons. The van der Waals surface area contributed by atoms with E-state index in [0.29, 0.717) is 6.42 Å². The fourth-order valence-electron chi connectivity index (χ4n) is 3.81. The maximum atomic E-state index is 12.5. The van der Waals surface area contributed by atoms with Crippen molar-refractivity contribution in [2.45, 2.75) is 51.5 Å². The normalized spacial score (nSPS) is 22.0. The predicted molar refractivity (Wildman–Crippen MR) is 92.3 cm³/mol. The summed E-state index contributed by atoms with van der Waals surface area (Å²) in [7, 11) is 0. The Morgan fingerprint density at radius 3 is 2.96 bits per heavy atom. The third kappa shape index (κ3) is 3.58. The van der Waals surface area contributed by atoms with Crippen LogP contribution in [0.4, 0.5) is 0 Å². The molecular weight excluding hydrogens is 288 g/mol. The molecule has 2 unspecified atom stereocenters. The molecule has 2 atom stereocenters. The number of rotatable bonds is 4. The molecule has 1 saturated carbocycles. The Kier molecular flexibility index (Phi) is 5.01. The quantitative estimate of drug-likeness (QED) is 0.759. The van der Waals surface area contributed by atoms with Crippen LogP contribution in [0.15, 0.2) is 24.4 Å². The van der Waals surface area contributed by atoms with E-state index in [1.807, 2.05) is 18.3 Å². The van der Waals surface area contributed by atoms with Gasteiger partial charge in [0.1, 0.15) is 0 Å². The van der Waals surface area contributed by atoms with Crippen LogP contribution in [-0.2, 0) is 11.2 Å². The van der Waals surface area contributed by atoms with Gasteiger partial charge in [0.15, 0.2) is 0 Å². The van der Waals surface area contributed by atoms with Crippen molar-refractivity contribution < 1.29 is 9.90 Å². The Labute approximate surface area is 137 Å². The fourth-order valence-corrected chi connectivity index (χ4v) is 3.81. The number of amides is 1. The number of fused-ring (bicyclic) bond motifs is 1. The highest BCUT2D eigenvalue weighted by Crippen LogP contribution is 2.25. The lowest BCUT2D eigenvalue weighted by molar-refractivity contribution is -0.121. The van der Waals surface area contributed by atoms with Gasteiger partial charge < -0.3 is 15.4 Å². The van der Waals surface area contributed by atoms with E-state index >= 15 is 0 Å². The highest BCUT2D eigenvalue weighted by atomic mass is 16.3. The van der Waals surface area contributed by atoms with Gasteiger partial charge >= 0.3 is 0 Å². The van der Waals surface area contributed by atoms with Crippen LogP contribution in [0.2, 0.25) is 0 Å². The summed E-state index contributed by atoms with van der Waals surface area (Å²) < 4.78 is 0. The van der Waals surface area contributed by atoms with Gasteiger partial charge in [0, 0.05) is 35.7 Å². The summed E-state index contributed by atoms with van der Waals surface area (Å²) in [5.74, 6) is 0.255. The van der Waals surface area contributed by atoms with E-state index in [0.717, 1.165) is 42.1 Å². The number of aryl methyl sites for hydroxylation is 1. The second kappa shape index (κ2) is 7.18. The number of hydrogen-bond acceptors (Lipinski definition) is 2. The molecule has 3 rings (SSSR count). The molecule has 0 bridgehead atoms. The lowest BCUT2D eigenvalue weighted by Crippen LogP contribution is -2.41. The minimum Gasteiger partial charge on any atom is -0.396 e. The van der Waals surface area contributed by atoms with Crippen LogP contribution in [0.5, 0.6) is 0 Å². The summed E-state index contributed by atoms with van der Waals surface area (Å²) >= 11 is 0. The van der Waals surface area contributed by atoms with Crippen LogP contribution in [0, 0.1) is 12.8 Å². The van der Waals surface area contributed by atoms with Crippen molar-refractivity contribution in [3.8, 4) is 0 Å². The number of carbonyl (C=O) groups is 1. The molecule has 0 aliphatic heterocycles. The fraction of sp³-hybridized carbons (Fsp3) is 0.526. The molecular formula is C19H26N2O2. The predicted octanol–water partition coefficient (Wildman–Crippen LogP) is 3.08. The molecule has 2 aromatic rings. The molecule has 1 aliphatic rings. The second-order valence-corrected chi connectivity index (χ2v) is 6.74. The molecule has 1 aromatic carbocycles. The summed E-state index contributed by atoms with van der Waals surface area (Å²) in [6, 6.07) is 6.25. The number of H-pyrrole nitrogens is 1. The minimum atomic E-state index is 0.0551. The van der Waals surface area contributed by atoms with Gasteiger partial charge in [-0.05, 0) is 37.0 Å². The van der Waals surface area contributed by atoms with Crippen molar-refractivity contribution in [3.63, 3.8) is 0 Å². The van der Waals surface area contributed by atoms with Crippen molar-refractivity contribution in [1.29, 1.82) is 0 Å². The SMILES string of the molecule is Cc1cccc2[nH]cc(CC(=O)NC3CCCCCC3CO)c12. The van der Waals surface area contributed by atoms with E-state index in [4.69, 9.17) is 0 Å². The number of aromatic amines is 1. The van der Waals surface area contributed by atoms with Crippen molar-refractivity contribution in [2.75, 3.05) is 6.61 Å². The third-order valence-corrected chi connectivity index (χ3v) is 5.09. The van der Waals surface area contributed by atoms with Gasteiger partial charge in [-0.15, -0.1) is 0 Å². The van der Waals surface area contributed by atoms with Crippen LogP contribution >= 0.6 is 0 Å². The number of nitrogens with one attached hydrogen (secondary N) is 2. The molecule has 23 heavy (non-hydrogen) atoms. The van der Waals surface area contributed by atoms with Gasteiger partial charge in [-0.3, -0.25) is 4.79 Å². The van der Waals surface area contributed by atoms with Crippen LogP contribution in [0.3, 0.4) is 0 Å². The Hall–Kier alpha value is -1.81. The van der Waals surface area contributed by atoms with Gasteiger partial charge in [-0.25, -0.2) is 0 Å². The molecule has 1 heterocycles. The van der Waals surface area contributed by atoms with Crippen molar-refractivity contribution in [3.05, 3.63) is 35.5 Å².